The highest BCUT2D eigenvalue weighted by molar-refractivity contribution is 7.14. The smallest absolute Gasteiger partial charge is 0.341 e. The largest absolute Gasteiger partial charge is 0.463 e. The second-order valence-electron chi connectivity index (χ2n) is 7.48. The molecular weight excluding hydrogens is 447 g/mol. The van der Waals surface area contributed by atoms with Crippen molar-refractivity contribution in [2.45, 2.75) is 25.5 Å². The molecule has 0 aromatic carbocycles. The Balaban J connectivity index is 1.40. The lowest BCUT2D eigenvalue weighted by Crippen LogP contribution is -2.58. The minimum atomic E-state index is -0.462. The van der Waals surface area contributed by atoms with Crippen LogP contribution < -0.4 is 10.1 Å². The van der Waals surface area contributed by atoms with Gasteiger partial charge in [0.15, 0.2) is 0 Å². The first-order valence-electron chi connectivity index (χ1n) is 10.1. The van der Waals surface area contributed by atoms with E-state index in [2.05, 4.69) is 26.5 Å². The van der Waals surface area contributed by atoms with E-state index in [1.54, 1.807) is 25.1 Å². The van der Waals surface area contributed by atoms with Crippen LogP contribution in [0.4, 0.5) is 9.18 Å². The molecule has 1 fully saturated rings. The van der Waals surface area contributed by atoms with Crippen LogP contribution in [-0.4, -0.2) is 64.6 Å². The van der Waals surface area contributed by atoms with Gasteiger partial charge in [0.2, 0.25) is 0 Å². The molecule has 0 radical (unpaired) electrons. The zero-order valence-corrected chi connectivity index (χ0v) is 18.8. The highest BCUT2D eigenvalue weighted by Crippen LogP contribution is 2.33. The predicted molar refractivity (Wildman–Crippen MR) is 121 cm³/mol. The molecule has 2 N–H and O–H groups in total. The van der Waals surface area contributed by atoms with Gasteiger partial charge in [-0.3, -0.25) is 4.98 Å². The van der Waals surface area contributed by atoms with E-state index >= 15 is 0 Å². The topological polar surface area (TPSA) is 131 Å². The lowest BCUT2D eigenvalue weighted by atomic mass is 10.1. The molecule has 0 bridgehead atoms. The van der Waals surface area contributed by atoms with E-state index in [-0.39, 0.29) is 12.1 Å². The molecule has 170 valence electrons. The number of rotatable bonds is 6. The molecule has 0 aliphatic carbocycles. The Morgan fingerprint density at radius 3 is 2.91 bits per heavy atom. The number of pyridine rings is 1. The number of hydrazone groups is 1. The maximum absolute atomic E-state index is 13.6. The zero-order chi connectivity index (χ0) is 23.5. The molecule has 10 nitrogen and oxygen atoms in total. The molecule has 12 heteroatoms. The second-order valence-corrected chi connectivity index (χ2v) is 8.44. The molecule has 4 heterocycles. The van der Waals surface area contributed by atoms with Crippen molar-refractivity contribution in [2.75, 3.05) is 20.1 Å². The number of carbonyl (C=O) groups is 1. The summed E-state index contributed by atoms with van der Waals surface area (Å²) in [6, 6.07) is 2.78. The quantitative estimate of drug-likeness (QED) is 0.627. The summed E-state index contributed by atoms with van der Waals surface area (Å²) in [5.74, 6) is -0.462. The lowest BCUT2D eigenvalue weighted by molar-refractivity contribution is 0.0275. The van der Waals surface area contributed by atoms with E-state index < -0.39 is 11.9 Å². The molecule has 1 atom stereocenters. The van der Waals surface area contributed by atoms with Crippen molar-refractivity contribution in [1.29, 1.82) is 10.7 Å². The van der Waals surface area contributed by atoms with Crippen molar-refractivity contribution in [2.24, 2.45) is 5.10 Å². The highest BCUT2D eigenvalue weighted by Gasteiger charge is 2.39. The number of hydrogen-bond acceptors (Lipinski definition) is 9. The van der Waals surface area contributed by atoms with Gasteiger partial charge in [0, 0.05) is 32.1 Å². The van der Waals surface area contributed by atoms with Crippen molar-refractivity contribution >= 4 is 35.5 Å². The fourth-order valence-electron chi connectivity index (χ4n) is 3.61. The number of ether oxygens (including phenoxy) is 1. The average Bonchev–Trinajstić information content (AvgIpc) is 3.43. The van der Waals surface area contributed by atoms with Crippen LogP contribution in [0.3, 0.4) is 0 Å². The third-order valence-electron chi connectivity index (χ3n) is 5.33. The first-order chi connectivity index (χ1) is 15.9. The minimum absolute atomic E-state index is 0.272. The minimum Gasteiger partial charge on any atom is -0.463 e. The molecule has 0 spiro atoms. The van der Waals surface area contributed by atoms with E-state index in [1.165, 1.54) is 23.5 Å². The molecule has 33 heavy (non-hydrogen) atoms. The number of likely N-dealkylation sites (tertiary alicyclic amines) is 1. The summed E-state index contributed by atoms with van der Waals surface area (Å²) < 4.78 is 19.4. The SMILES string of the molecule is CN/C(=C(/C)C=N)c1nc(OC2CN(C(=O)N3N=CC[C@H]3c3cncc(F)c3)C2)sc1C#N. The van der Waals surface area contributed by atoms with Crippen LogP contribution in [0.2, 0.25) is 0 Å². The van der Waals surface area contributed by atoms with Crippen molar-refractivity contribution in [3.05, 3.63) is 46.0 Å². The molecule has 0 saturated carbocycles. The van der Waals surface area contributed by atoms with E-state index in [4.69, 9.17) is 10.1 Å². The van der Waals surface area contributed by atoms with Crippen LogP contribution in [0.5, 0.6) is 5.19 Å². The number of nitrogens with one attached hydrogen (secondary N) is 2. The summed E-state index contributed by atoms with van der Waals surface area (Å²) in [7, 11) is 1.70. The van der Waals surface area contributed by atoms with Gasteiger partial charge in [0.1, 0.15) is 28.6 Å². The summed E-state index contributed by atoms with van der Waals surface area (Å²) in [6.45, 7) is 2.43. The van der Waals surface area contributed by atoms with Gasteiger partial charge in [-0.15, -0.1) is 0 Å². The normalized spacial score (nSPS) is 18.4. The summed E-state index contributed by atoms with van der Waals surface area (Å²) in [5.41, 5.74) is 2.25. The standard InChI is InChI=1S/C21H21FN8O2S/c1-12(6-23)18(25-2)19-17(7-24)33-20(28-19)32-15-10-29(11-15)21(31)30-16(3-4-27-30)13-5-14(22)9-26-8-13/h4-6,8-9,15-16,23,25H,3,10-11H2,1-2H3/b18-12-,23-6?/t16-/m0/s1. The van der Waals surface area contributed by atoms with Gasteiger partial charge in [0.05, 0.1) is 31.0 Å². The first-order valence-corrected chi connectivity index (χ1v) is 10.9. The van der Waals surface area contributed by atoms with Gasteiger partial charge in [0.25, 0.3) is 5.19 Å². The van der Waals surface area contributed by atoms with Crippen LogP contribution in [0, 0.1) is 22.6 Å². The molecular formula is C21H21FN8O2S. The van der Waals surface area contributed by atoms with Crippen LogP contribution in [0.25, 0.3) is 5.70 Å². The van der Waals surface area contributed by atoms with Gasteiger partial charge in [-0.25, -0.2) is 14.2 Å². The zero-order valence-electron chi connectivity index (χ0n) is 17.9. The predicted octanol–water partition coefficient (Wildman–Crippen LogP) is 2.76. The summed E-state index contributed by atoms with van der Waals surface area (Å²) >= 11 is 1.12. The molecule has 1 saturated heterocycles. The maximum atomic E-state index is 13.6. The number of allylic oxidation sites excluding steroid dienone is 1. The van der Waals surface area contributed by atoms with Crippen molar-refractivity contribution in [1.82, 2.24) is 25.2 Å². The van der Waals surface area contributed by atoms with Crippen molar-refractivity contribution in [3.8, 4) is 11.3 Å². The molecule has 0 unspecified atom stereocenters. The molecule has 2 aliphatic heterocycles. The summed E-state index contributed by atoms with van der Waals surface area (Å²) in [5, 5.41) is 25.7. The van der Waals surface area contributed by atoms with E-state index in [0.717, 1.165) is 17.5 Å². The number of aromatic nitrogens is 2. The fourth-order valence-corrected chi connectivity index (χ4v) is 4.40. The Labute approximate surface area is 193 Å². The van der Waals surface area contributed by atoms with Gasteiger partial charge < -0.3 is 20.4 Å². The number of hydrogen-bond donors (Lipinski definition) is 2. The van der Waals surface area contributed by atoms with Gasteiger partial charge in [-0.1, -0.05) is 11.3 Å². The Bertz CT molecular complexity index is 1180. The number of nitrogens with zero attached hydrogens (tertiary/aromatic N) is 6. The maximum Gasteiger partial charge on any atom is 0.341 e. The average molecular weight is 469 g/mol. The van der Waals surface area contributed by atoms with Crippen LogP contribution in [0.1, 0.15) is 35.5 Å². The van der Waals surface area contributed by atoms with Crippen molar-refractivity contribution < 1.29 is 13.9 Å². The van der Waals surface area contributed by atoms with E-state index in [9.17, 15) is 14.4 Å². The summed E-state index contributed by atoms with van der Waals surface area (Å²) in [6.07, 6.45) is 5.69. The molecule has 2 aromatic rings. The summed E-state index contributed by atoms with van der Waals surface area (Å²) in [4.78, 5) is 23.2. The second kappa shape index (κ2) is 9.33. The highest BCUT2D eigenvalue weighted by atomic mass is 32.1. The van der Waals surface area contributed by atoms with Gasteiger partial charge in [-0.05, 0) is 24.1 Å². The number of halogens is 1. The monoisotopic (exact) mass is 468 g/mol. The van der Waals surface area contributed by atoms with Crippen LogP contribution in [-0.2, 0) is 0 Å². The Hall–Kier alpha value is -3.85. The number of carbonyl (C=O) groups excluding carboxylic acids is 1. The Morgan fingerprint density at radius 1 is 1.45 bits per heavy atom. The van der Waals surface area contributed by atoms with E-state index in [0.29, 0.717) is 52.1 Å². The number of nitriles is 1. The van der Waals surface area contributed by atoms with Crippen LogP contribution in [0.15, 0.2) is 29.1 Å². The lowest BCUT2D eigenvalue weighted by Gasteiger charge is -2.40. The van der Waals surface area contributed by atoms with Gasteiger partial charge >= 0.3 is 6.03 Å². The molecule has 2 aromatic heterocycles. The molecule has 4 rings (SSSR count). The third kappa shape index (κ3) is 4.40. The van der Waals surface area contributed by atoms with Crippen LogP contribution >= 0.6 is 11.3 Å². The van der Waals surface area contributed by atoms with Crippen molar-refractivity contribution in [3.63, 3.8) is 0 Å². The molecule has 2 amide bonds. The number of amides is 2. The third-order valence-corrected chi connectivity index (χ3v) is 6.18. The van der Waals surface area contributed by atoms with E-state index in [1.807, 2.05) is 0 Å². The number of thiazole rings is 1. The van der Waals surface area contributed by atoms with Gasteiger partial charge in [-0.2, -0.15) is 15.3 Å². The molecule has 2 aliphatic rings. The first kappa shape index (κ1) is 22.3. The fraction of sp³-hybridized carbons (Fsp3) is 0.333. The Morgan fingerprint density at radius 2 is 2.24 bits per heavy atom. The number of urea groups is 1. The Kier molecular flexibility index (Phi) is 6.32.